The van der Waals surface area contributed by atoms with Gasteiger partial charge >= 0.3 is 0 Å². The number of aromatic nitrogens is 3. The highest BCUT2D eigenvalue weighted by atomic mass is 16.5. The van der Waals surface area contributed by atoms with Crippen LogP contribution in [-0.2, 0) is 6.42 Å². The summed E-state index contributed by atoms with van der Waals surface area (Å²) in [7, 11) is 1.67. The molecule has 0 unspecified atom stereocenters. The van der Waals surface area contributed by atoms with E-state index in [-0.39, 0.29) is 5.95 Å². The van der Waals surface area contributed by atoms with Crippen LogP contribution in [0.15, 0.2) is 35.5 Å². The van der Waals surface area contributed by atoms with E-state index in [2.05, 4.69) is 26.0 Å². The van der Waals surface area contributed by atoms with Crippen molar-refractivity contribution in [2.24, 2.45) is 4.99 Å². The monoisotopic (exact) mass is 334 g/mol. The Morgan fingerprint density at radius 3 is 2.92 bits per heavy atom. The summed E-state index contributed by atoms with van der Waals surface area (Å²) in [5.41, 5.74) is 16.3. The molecular formula is C18H18N6O. The number of nitrogens with zero attached hydrogens (tertiary/aromatic N) is 3. The first kappa shape index (κ1) is 15.2. The molecule has 0 saturated carbocycles. The molecule has 0 amide bonds. The molecule has 0 aliphatic carbocycles. The number of hydrogen-bond donors (Lipinski definition) is 3. The molecule has 7 heteroatoms. The number of methoxy groups -OCH3 is 1. The van der Waals surface area contributed by atoms with Crippen LogP contribution in [0.25, 0.3) is 17.0 Å². The van der Waals surface area contributed by atoms with E-state index in [1.165, 1.54) is 10.9 Å². The van der Waals surface area contributed by atoms with Crippen LogP contribution < -0.4 is 16.2 Å². The molecule has 0 saturated heterocycles. The van der Waals surface area contributed by atoms with Crippen molar-refractivity contribution in [3.05, 3.63) is 47.3 Å². The van der Waals surface area contributed by atoms with Gasteiger partial charge in [0.05, 0.1) is 18.5 Å². The van der Waals surface area contributed by atoms with Crippen molar-refractivity contribution in [1.29, 1.82) is 0 Å². The zero-order valence-corrected chi connectivity index (χ0v) is 13.8. The number of rotatable bonds is 3. The number of fused-ring (bicyclic) bond motifs is 3. The Balaban J connectivity index is 1.73. The molecule has 25 heavy (non-hydrogen) atoms. The number of aromatic amines is 1. The number of H-pyrrole nitrogens is 1. The van der Waals surface area contributed by atoms with Gasteiger partial charge in [-0.3, -0.25) is 4.99 Å². The Morgan fingerprint density at radius 1 is 1.24 bits per heavy atom. The molecule has 5 N–H and O–H groups in total. The summed E-state index contributed by atoms with van der Waals surface area (Å²) < 4.78 is 5.31. The Kier molecular flexibility index (Phi) is 3.61. The van der Waals surface area contributed by atoms with Crippen molar-refractivity contribution >= 4 is 34.5 Å². The maximum atomic E-state index is 5.88. The summed E-state index contributed by atoms with van der Waals surface area (Å²) >= 11 is 0. The number of allylic oxidation sites excluding steroid dienone is 1. The van der Waals surface area contributed by atoms with Gasteiger partial charge in [-0.1, -0.05) is 0 Å². The lowest BCUT2D eigenvalue weighted by Gasteiger charge is -2.10. The molecule has 7 nitrogen and oxygen atoms in total. The lowest BCUT2D eigenvalue weighted by atomic mass is 10.0. The van der Waals surface area contributed by atoms with E-state index in [1.807, 2.05) is 24.3 Å². The molecule has 4 rings (SSSR count). The first-order valence-corrected chi connectivity index (χ1v) is 7.95. The van der Waals surface area contributed by atoms with Gasteiger partial charge in [-0.2, -0.15) is 4.98 Å². The molecule has 1 aliphatic heterocycles. The van der Waals surface area contributed by atoms with Gasteiger partial charge in [-0.25, -0.2) is 4.98 Å². The van der Waals surface area contributed by atoms with E-state index in [0.29, 0.717) is 11.4 Å². The highest BCUT2D eigenvalue weighted by Gasteiger charge is 2.18. The second-order valence-electron chi connectivity index (χ2n) is 5.81. The summed E-state index contributed by atoms with van der Waals surface area (Å²) in [4.78, 5) is 16.0. The van der Waals surface area contributed by atoms with Crippen molar-refractivity contribution in [2.45, 2.75) is 6.42 Å². The molecule has 2 aromatic heterocycles. The molecule has 0 bridgehead atoms. The third kappa shape index (κ3) is 2.69. The van der Waals surface area contributed by atoms with Crippen LogP contribution in [0.1, 0.15) is 16.8 Å². The highest BCUT2D eigenvalue weighted by Crippen LogP contribution is 2.29. The third-order valence-electron chi connectivity index (χ3n) is 4.30. The summed E-state index contributed by atoms with van der Waals surface area (Å²) in [5.74, 6) is 1.34. The van der Waals surface area contributed by atoms with Crippen molar-refractivity contribution in [3.8, 4) is 5.75 Å². The molecule has 0 fully saturated rings. The van der Waals surface area contributed by atoms with E-state index < -0.39 is 0 Å². The normalized spacial score (nSPS) is 13.9. The fourth-order valence-electron chi connectivity index (χ4n) is 3.06. The molecule has 3 aromatic rings. The van der Waals surface area contributed by atoms with Crippen LogP contribution in [0.5, 0.6) is 5.75 Å². The van der Waals surface area contributed by atoms with Crippen LogP contribution >= 0.6 is 0 Å². The van der Waals surface area contributed by atoms with Crippen LogP contribution in [-0.4, -0.2) is 34.3 Å². The van der Waals surface area contributed by atoms with Crippen molar-refractivity contribution in [1.82, 2.24) is 15.0 Å². The minimum Gasteiger partial charge on any atom is -0.497 e. The second kappa shape index (κ2) is 5.94. The van der Waals surface area contributed by atoms with Gasteiger partial charge in [0.1, 0.15) is 11.6 Å². The quantitative estimate of drug-likeness (QED) is 0.679. The number of nitrogens with one attached hydrogen (secondary N) is 1. The lowest BCUT2D eigenvalue weighted by molar-refractivity contribution is 0.415. The Hall–Kier alpha value is -3.35. The summed E-state index contributed by atoms with van der Waals surface area (Å²) in [6.07, 6.45) is 6.30. The largest absolute Gasteiger partial charge is 0.497 e. The number of nitrogens with two attached hydrogens (primary N) is 2. The molecule has 1 aromatic carbocycles. The maximum Gasteiger partial charge on any atom is 0.221 e. The summed E-state index contributed by atoms with van der Waals surface area (Å²) in [6.45, 7) is 0.749. The minimum absolute atomic E-state index is 0.163. The number of hydrogen-bond acceptors (Lipinski definition) is 6. The van der Waals surface area contributed by atoms with Crippen molar-refractivity contribution in [2.75, 3.05) is 25.1 Å². The number of ether oxygens (including phenoxy) is 1. The van der Waals surface area contributed by atoms with Gasteiger partial charge in [0, 0.05) is 35.3 Å². The molecule has 3 heterocycles. The number of nitrogen functional groups attached to an aromatic ring is 2. The lowest BCUT2D eigenvalue weighted by Crippen LogP contribution is -2.10. The SMILES string of the molecule is COc1ccc2c3c([nH]c2c1)C(/C=C/c1cnc(N)nc1N)=NCC3. The van der Waals surface area contributed by atoms with E-state index >= 15 is 0 Å². The summed E-state index contributed by atoms with van der Waals surface area (Å²) in [6, 6.07) is 6.06. The second-order valence-corrected chi connectivity index (χ2v) is 5.81. The first-order chi connectivity index (χ1) is 12.2. The van der Waals surface area contributed by atoms with E-state index in [4.69, 9.17) is 16.2 Å². The van der Waals surface area contributed by atoms with Gasteiger partial charge in [0.25, 0.3) is 0 Å². The topological polar surface area (TPSA) is 115 Å². The van der Waals surface area contributed by atoms with E-state index in [0.717, 1.165) is 35.6 Å². The van der Waals surface area contributed by atoms with E-state index in [9.17, 15) is 0 Å². The fraction of sp³-hybridized carbons (Fsp3) is 0.167. The molecule has 0 spiro atoms. The molecule has 1 aliphatic rings. The van der Waals surface area contributed by atoms with Crippen LogP contribution in [0, 0.1) is 0 Å². The number of benzene rings is 1. The predicted molar refractivity (Wildman–Crippen MR) is 99.8 cm³/mol. The average Bonchev–Trinajstić information content (AvgIpc) is 2.99. The third-order valence-corrected chi connectivity index (χ3v) is 4.30. The van der Waals surface area contributed by atoms with Crippen LogP contribution in [0.2, 0.25) is 0 Å². The highest BCUT2D eigenvalue weighted by molar-refractivity contribution is 6.14. The van der Waals surface area contributed by atoms with Gasteiger partial charge in [-0.05, 0) is 36.3 Å². The van der Waals surface area contributed by atoms with Crippen LogP contribution in [0.4, 0.5) is 11.8 Å². The Labute approximate surface area is 144 Å². The average molecular weight is 334 g/mol. The first-order valence-electron chi connectivity index (χ1n) is 7.95. The smallest absolute Gasteiger partial charge is 0.221 e. The fourth-order valence-corrected chi connectivity index (χ4v) is 3.06. The number of anilines is 2. The molecule has 126 valence electrons. The van der Waals surface area contributed by atoms with E-state index in [1.54, 1.807) is 13.3 Å². The molecular weight excluding hydrogens is 316 g/mol. The maximum absolute atomic E-state index is 5.88. The van der Waals surface area contributed by atoms with Gasteiger partial charge in [0.15, 0.2) is 0 Å². The van der Waals surface area contributed by atoms with Gasteiger partial charge < -0.3 is 21.2 Å². The molecule has 0 radical (unpaired) electrons. The van der Waals surface area contributed by atoms with Crippen LogP contribution in [0.3, 0.4) is 0 Å². The minimum atomic E-state index is 0.163. The van der Waals surface area contributed by atoms with Crippen molar-refractivity contribution < 1.29 is 4.74 Å². The summed E-state index contributed by atoms with van der Waals surface area (Å²) in [5, 5.41) is 1.20. The zero-order chi connectivity index (χ0) is 17.4. The van der Waals surface area contributed by atoms with Crippen molar-refractivity contribution in [3.63, 3.8) is 0 Å². The molecule has 0 atom stereocenters. The van der Waals surface area contributed by atoms with Gasteiger partial charge in [-0.15, -0.1) is 0 Å². The Morgan fingerprint density at radius 2 is 2.12 bits per heavy atom. The Bertz CT molecular complexity index is 1020. The van der Waals surface area contributed by atoms with Gasteiger partial charge in [0.2, 0.25) is 5.95 Å². The number of aliphatic imine (C=N–C) groups is 1. The predicted octanol–water partition coefficient (Wildman–Crippen LogP) is 2.19. The zero-order valence-electron chi connectivity index (χ0n) is 13.8. The standard InChI is InChI=1S/C18H18N6O/c1-25-11-3-4-12-13-6-7-21-14(16(13)23-15(12)8-11)5-2-10-9-22-18(20)24-17(10)19/h2-5,8-9,23H,6-7H2,1H3,(H4,19,20,22,24)/b5-2+.